The van der Waals surface area contributed by atoms with Gasteiger partial charge in [-0.25, -0.2) is 4.79 Å². The summed E-state index contributed by atoms with van der Waals surface area (Å²) in [6.45, 7) is 5.10. The molecule has 0 aromatic carbocycles. The molecule has 0 atom stereocenters. The summed E-state index contributed by atoms with van der Waals surface area (Å²) >= 11 is 0. The van der Waals surface area contributed by atoms with Gasteiger partial charge in [0.25, 0.3) is 11.8 Å². The Morgan fingerprint density at radius 2 is 1.57 bits per heavy atom. The van der Waals surface area contributed by atoms with Crippen LogP contribution < -0.4 is 5.84 Å². The van der Waals surface area contributed by atoms with Crippen molar-refractivity contribution in [1.29, 1.82) is 0 Å². The zero-order valence-electron chi connectivity index (χ0n) is 29.6. The summed E-state index contributed by atoms with van der Waals surface area (Å²) in [5.41, 5.74) is 18.0. The number of rotatable bonds is 26. The second-order valence-electron chi connectivity index (χ2n) is 11.8. The fourth-order valence-corrected chi connectivity index (χ4v) is 4.61. The number of carboxylic acids is 1. The highest BCUT2D eigenvalue weighted by molar-refractivity contribution is 6.31. The SMILES string of the molecule is CN(CCCN=[N+]=[N-])CC(C=NCCCCCC(=O)ON1C(=O)CCC1=O)=NN.CN(CCCN=[N+]=[N-])Cc1cn(CCCCCC(=O)O)nn1. The Kier molecular flexibility index (Phi) is 23.8. The first-order valence-corrected chi connectivity index (χ1v) is 16.9. The van der Waals surface area contributed by atoms with Crippen LogP contribution >= 0.6 is 0 Å². The molecule has 0 unspecified atom stereocenters. The molecule has 0 bridgehead atoms. The van der Waals surface area contributed by atoms with Gasteiger partial charge in [0.1, 0.15) is 0 Å². The highest BCUT2D eigenvalue weighted by atomic mass is 16.7. The minimum atomic E-state index is -0.744. The number of azide groups is 2. The van der Waals surface area contributed by atoms with Crippen LogP contribution in [0.5, 0.6) is 0 Å². The van der Waals surface area contributed by atoms with Crippen LogP contribution in [0.25, 0.3) is 20.9 Å². The molecule has 0 spiro atoms. The molecule has 2 rings (SSSR count). The molecular formula is C30H51N15O6. The van der Waals surface area contributed by atoms with E-state index in [4.69, 9.17) is 26.8 Å². The van der Waals surface area contributed by atoms with E-state index in [1.807, 2.05) is 25.2 Å². The van der Waals surface area contributed by atoms with E-state index >= 15 is 0 Å². The number of amides is 2. The predicted molar refractivity (Wildman–Crippen MR) is 188 cm³/mol. The lowest BCUT2D eigenvalue weighted by Gasteiger charge is -2.15. The Labute approximate surface area is 297 Å². The molecule has 2 heterocycles. The molecular weight excluding hydrogens is 666 g/mol. The summed E-state index contributed by atoms with van der Waals surface area (Å²) in [4.78, 5) is 63.4. The number of aromatic nitrogens is 3. The Morgan fingerprint density at radius 1 is 0.941 bits per heavy atom. The molecule has 51 heavy (non-hydrogen) atoms. The van der Waals surface area contributed by atoms with E-state index in [0.717, 1.165) is 63.9 Å². The number of hydrogen-bond donors (Lipinski definition) is 2. The summed E-state index contributed by atoms with van der Waals surface area (Å²) in [5.74, 6) is 3.10. The van der Waals surface area contributed by atoms with Gasteiger partial charge in [-0.1, -0.05) is 28.3 Å². The van der Waals surface area contributed by atoms with Crippen LogP contribution in [0, 0.1) is 0 Å². The molecule has 282 valence electrons. The summed E-state index contributed by atoms with van der Waals surface area (Å²) in [6.07, 6.45) is 10.2. The maximum absolute atomic E-state index is 11.7. The number of nitrogens with two attached hydrogens (primary N) is 1. The van der Waals surface area contributed by atoms with Gasteiger partial charge in [-0.2, -0.15) is 5.10 Å². The first-order chi connectivity index (χ1) is 24.6. The molecule has 1 saturated heterocycles. The van der Waals surface area contributed by atoms with Gasteiger partial charge in [-0.05, 0) is 76.8 Å². The third-order valence-corrected chi connectivity index (χ3v) is 7.22. The molecule has 21 heteroatoms. The number of hydrazone groups is 1. The van der Waals surface area contributed by atoms with E-state index in [1.165, 1.54) is 0 Å². The van der Waals surface area contributed by atoms with Crippen LogP contribution in [-0.4, -0.2) is 124 Å². The molecule has 0 aliphatic carbocycles. The van der Waals surface area contributed by atoms with E-state index in [-0.39, 0.29) is 25.7 Å². The average Bonchev–Trinajstić information content (AvgIpc) is 3.68. The smallest absolute Gasteiger partial charge is 0.333 e. The normalized spacial score (nSPS) is 12.9. The first-order valence-electron chi connectivity index (χ1n) is 16.9. The zero-order valence-corrected chi connectivity index (χ0v) is 29.6. The van der Waals surface area contributed by atoms with Crippen molar-refractivity contribution in [3.8, 4) is 0 Å². The maximum Gasteiger partial charge on any atom is 0.333 e. The van der Waals surface area contributed by atoms with Crippen molar-refractivity contribution in [2.24, 2.45) is 26.2 Å². The standard InChI is InChI=1S/C17H28N8O4.C13H23N7O2/c1-24(11-5-10-21-23-19)13-14(22-18)12-20-9-4-2-3-6-17(28)29-25-15(26)7-8-16(25)27;1-19(8-5-7-15-17-14)10-12-11-20(18-16-12)9-4-2-3-6-13(21)22/h12H,2-11,13,18H2,1H3;11H,2-10H2,1H3,(H,21,22). The van der Waals surface area contributed by atoms with Crippen molar-refractivity contribution in [1.82, 2.24) is 29.9 Å². The van der Waals surface area contributed by atoms with Crippen molar-refractivity contribution in [3.63, 3.8) is 0 Å². The van der Waals surface area contributed by atoms with Gasteiger partial charge in [0.05, 0.1) is 11.4 Å². The molecule has 3 N–H and O–H groups in total. The summed E-state index contributed by atoms with van der Waals surface area (Å²) in [5, 5.41) is 28.0. The van der Waals surface area contributed by atoms with Gasteiger partial charge >= 0.3 is 11.9 Å². The third kappa shape index (κ3) is 22.3. The monoisotopic (exact) mass is 717 g/mol. The van der Waals surface area contributed by atoms with Crippen LogP contribution in [0.2, 0.25) is 0 Å². The van der Waals surface area contributed by atoms with Crippen LogP contribution in [0.4, 0.5) is 0 Å². The minimum Gasteiger partial charge on any atom is -0.481 e. The van der Waals surface area contributed by atoms with Crippen molar-refractivity contribution in [2.75, 3.05) is 53.4 Å². The number of imide groups is 1. The van der Waals surface area contributed by atoms with Crippen molar-refractivity contribution in [3.05, 3.63) is 32.8 Å². The number of aliphatic imine (C=N–C) groups is 1. The number of unbranched alkanes of at least 4 members (excludes halogenated alkanes) is 4. The number of aliphatic carboxylic acids is 1. The third-order valence-electron chi connectivity index (χ3n) is 7.22. The lowest BCUT2D eigenvalue weighted by Crippen LogP contribution is -2.31. The molecule has 1 aromatic heterocycles. The number of carbonyl (C=O) groups is 4. The van der Waals surface area contributed by atoms with Crippen LogP contribution in [0.1, 0.15) is 82.7 Å². The molecule has 0 radical (unpaired) electrons. The summed E-state index contributed by atoms with van der Waals surface area (Å²) in [7, 11) is 3.90. The van der Waals surface area contributed by atoms with Gasteiger partial charge in [-0.15, -0.1) is 10.2 Å². The Hall–Kier alpha value is -5.10. The topological polar surface area (TPSA) is 286 Å². The van der Waals surface area contributed by atoms with Gasteiger partial charge in [0.15, 0.2) is 0 Å². The highest BCUT2D eigenvalue weighted by Crippen LogP contribution is 2.13. The number of carboxylic acid groups (broad SMARTS) is 1. The van der Waals surface area contributed by atoms with Crippen LogP contribution in [-0.2, 0) is 37.1 Å². The number of hydroxylamine groups is 2. The van der Waals surface area contributed by atoms with Crippen LogP contribution in [0.15, 0.2) is 26.5 Å². The number of aryl methyl sites for hydroxylation is 1. The number of nitrogens with zero attached hydrogens (tertiary/aromatic N) is 14. The van der Waals surface area contributed by atoms with E-state index in [1.54, 1.807) is 10.9 Å². The van der Waals surface area contributed by atoms with Gasteiger partial charge in [0.2, 0.25) is 0 Å². The minimum absolute atomic E-state index is 0.0870. The fourth-order valence-electron chi connectivity index (χ4n) is 4.61. The summed E-state index contributed by atoms with van der Waals surface area (Å²) < 4.78 is 1.80. The lowest BCUT2D eigenvalue weighted by atomic mass is 10.2. The second kappa shape index (κ2) is 27.7. The number of hydrogen-bond acceptors (Lipinski definition) is 14. The van der Waals surface area contributed by atoms with Gasteiger partial charge in [0, 0.05) is 87.2 Å². The fraction of sp³-hybridized carbons (Fsp3) is 0.733. The predicted octanol–water partition coefficient (Wildman–Crippen LogP) is 3.23. The van der Waals surface area contributed by atoms with Gasteiger partial charge in [-0.3, -0.25) is 24.1 Å². The van der Waals surface area contributed by atoms with Crippen molar-refractivity contribution < 1.29 is 29.1 Å². The van der Waals surface area contributed by atoms with Crippen LogP contribution in [0.3, 0.4) is 0 Å². The zero-order chi connectivity index (χ0) is 37.7. The number of carbonyl (C=O) groups excluding carboxylic acids is 3. The molecule has 21 nitrogen and oxygen atoms in total. The van der Waals surface area contributed by atoms with Crippen molar-refractivity contribution in [2.45, 2.75) is 90.1 Å². The second-order valence-corrected chi connectivity index (χ2v) is 11.8. The molecule has 0 saturated carbocycles. The van der Waals surface area contributed by atoms with E-state index in [0.29, 0.717) is 56.3 Å². The Balaban J connectivity index is 0.000000530. The Bertz CT molecular complexity index is 1360. The lowest BCUT2D eigenvalue weighted by molar-refractivity contribution is -0.197. The van der Waals surface area contributed by atoms with Gasteiger partial charge < -0.3 is 25.6 Å². The van der Waals surface area contributed by atoms with E-state index < -0.39 is 23.8 Å². The van der Waals surface area contributed by atoms with E-state index in [9.17, 15) is 19.2 Å². The molecule has 2 amide bonds. The first kappa shape index (κ1) is 43.9. The molecule has 1 aliphatic heterocycles. The quantitative estimate of drug-likeness (QED) is 0.0205. The van der Waals surface area contributed by atoms with E-state index in [2.05, 4.69) is 45.4 Å². The molecule has 1 fully saturated rings. The average molecular weight is 718 g/mol. The largest absolute Gasteiger partial charge is 0.481 e. The maximum atomic E-state index is 11.7. The summed E-state index contributed by atoms with van der Waals surface area (Å²) in [6, 6.07) is 0. The van der Waals surface area contributed by atoms with Crippen molar-refractivity contribution >= 4 is 35.7 Å². The molecule has 1 aliphatic rings. The Morgan fingerprint density at radius 3 is 2.20 bits per heavy atom. The molecule has 1 aromatic rings. The highest BCUT2D eigenvalue weighted by Gasteiger charge is 2.32.